The lowest BCUT2D eigenvalue weighted by molar-refractivity contribution is 0.544. The summed E-state index contributed by atoms with van der Waals surface area (Å²) in [6, 6.07) is 8.06. The van der Waals surface area contributed by atoms with Crippen LogP contribution in [0.15, 0.2) is 47.4 Å². The first-order chi connectivity index (χ1) is 7.92. The van der Waals surface area contributed by atoms with Crippen LogP contribution >= 0.6 is 0 Å². The van der Waals surface area contributed by atoms with E-state index in [0.29, 0.717) is 0 Å². The Balaban J connectivity index is 2.21. The van der Waals surface area contributed by atoms with Crippen LogP contribution in [0, 0.1) is 0 Å². The van der Waals surface area contributed by atoms with Crippen molar-refractivity contribution in [3.05, 3.63) is 54.2 Å². The van der Waals surface area contributed by atoms with Crippen LogP contribution in [0.25, 0.3) is 0 Å². The van der Waals surface area contributed by atoms with Gasteiger partial charge in [0.15, 0.2) is 0 Å². The summed E-state index contributed by atoms with van der Waals surface area (Å²) in [5.74, 6) is 0. The van der Waals surface area contributed by atoms with E-state index in [1.807, 2.05) is 30.5 Å². The van der Waals surface area contributed by atoms with Crippen molar-refractivity contribution >= 4 is 0 Å². The predicted octanol–water partition coefficient (Wildman–Crippen LogP) is 2.76. The van der Waals surface area contributed by atoms with Crippen LogP contribution in [0.4, 0.5) is 0 Å². The summed E-state index contributed by atoms with van der Waals surface area (Å²) in [6.07, 6.45) is 6.37. The Morgan fingerprint density at radius 1 is 1.38 bits per heavy atom. The zero-order valence-corrected chi connectivity index (χ0v) is 9.39. The molecule has 84 valence electrons. The number of furan rings is 1. The maximum absolute atomic E-state index is 5.13. The minimum absolute atomic E-state index is 0.125. The van der Waals surface area contributed by atoms with E-state index >= 15 is 0 Å². The van der Waals surface area contributed by atoms with Gasteiger partial charge in [0.25, 0.3) is 0 Å². The Morgan fingerprint density at radius 3 is 2.94 bits per heavy atom. The van der Waals surface area contributed by atoms with Gasteiger partial charge in [-0.1, -0.05) is 13.0 Å². The molecule has 0 radical (unpaired) electrons. The lowest BCUT2D eigenvalue weighted by Crippen LogP contribution is -2.23. The zero-order valence-electron chi connectivity index (χ0n) is 9.39. The molecule has 0 aromatic carbocycles. The highest BCUT2D eigenvalue weighted by Crippen LogP contribution is 2.20. The van der Waals surface area contributed by atoms with Crippen molar-refractivity contribution in [3.8, 4) is 0 Å². The van der Waals surface area contributed by atoms with Crippen LogP contribution in [-0.2, 0) is 0 Å². The fraction of sp³-hybridized carbons (Fsp3) is 0.308. The number of nitrogens with zero attached hydrogens (tertiary/aromatic N) is 1. The fourth-order valence-electron chi connectivity index (χ4n) is 1.67. The Bertz CT molecular complexity index is 397. The van der Waals surface area contributed by atoms with E-state index < -0.39 is 0 Å². The molecule has 0 spiro atoms. The molecule has 1 atom stereocenters. The van der Waals surface area contributed by atoms with Crippen LogP contribution in [0.5, 0.6) is 0 Å². The van der Waals surface area contributed by atoms with Gasteiger partial charge in [-0.25, -0.2) is 0 Å². The van der Waals surface area contributed by atoms with Crippen molar-refractivity contribution in [3.63, 3.8) is 0 Å². The lowest BCUT2D eigenvalue weighted by Gasteiger charge is -2.16. The summed E-state index contributed by atoms with van der Waals surface area (Å²) in [7, 11) is 0. The minimum Gasteiger partial charge on any atom is -0.472 e. The third-order valence-corrected chi connectivity index (χ3v) is 2.46. The normalized spacial score (nSPS) is 12.6. The highest BCUT2D eigenvalue weighted by molar-refractivity contribution is 5.23. The van der Waals surface area contributed by atoms with Gasteiger partial charge < -0.3 is 9.73 Å². The van der Waals surface area contributed by atoms with Gasteiger partial charge in [-0.3, -0.25) is 4.98 Å². The van der Waals surface area contributed by atoms with Crippen molar-refractivity contribution in [1.29, 1.82) is 0 Å². The Labute approximate surface area is 95.5 Å². The number of hydrogen-bond donors (Lipinski definition) is 1. The largest absolute Gasteiger partial charge is 0.472 e. The molecule has 2 rings (SSSR count). The van der Waals surface area contributed by atoms with Crippen molar-refractivity contribution in [1.82, 2.24) is 10.3 Å². The van der Waals surface area contributed by atoms with E-state index in [2.05, 4.69) is 17.2 Å². The molecular weight excluding hydrogens is 200 g/mol. The molecule has 2 aromatic rings. The van der Waals surface area contributed by atoms with Gasteiger partial charge in [0.05, 0.1) is 24.3 Å². The van der Waals surface area contributed by atoms with E-state index in [9.17, 15) is 0 Å². The predicted molar refractivity (Wildman–Crippen MR) is 63.1 cm³/mol. The summed E-state index contributed by atoms with van der Waals surface area (Å²) in [5, 5.41) is 3.47. The highest BCUT2D eigenvalue weighted by atomic mass is 16.3. The molecule has 0 saturated carbocycles. The van der Waals surface area contributed by atoms with Crippen LogP contribution in [0.1, 0.15) is 30.6 Å². The smallest absolute Gasteiger partial charge is 0.0954 e. The van der Waals surface area contributed by atoms with Crippen molar-refractivity contribution in [2.75, 3.05) is 6.54 Å². The topological polar surface area (TPSA) is 38.1 Å². The monoisotopic (exact) mass is 216 g/mol. The van der Waals surface area contributed by atoms with E-state index in [4.69, 9.17) is 4.42 Å². The van der Waals surface area contributed by atoms with Crippen molar-refractivity contribution in [2.45, 2.75) is 19.4 Å². The van der Waals surface area contributed by atoms with E-state index in [-0.39, 0.29) is 6.04 Å². The molecule has 0 saturated heterocycles. The summed E-state index contributed by atoms with van der Waals surface area (Å²) in [5.41, 5.74) is 2.14. The van der Waals surface area contributed by atoms with E-state index in [1.165, 1.54) is 0 Å². The van der Waals surface area contributed by atoms with Gasteiger partial charge in [-0.15, -0.1) is 0 Å². The molecule has 0 aliphatic carbocycles. The average Bonchev–Trinajstić information content (AvgIpc) is 2.85. The number of rotatable bonds is 5. The highest BCUT2D eigenvalue weighted by Gasteiger charge is 2.14. The molecule has 1 unspecified atom stereocenters. The summed E-state index contributed by atoms with van der Waals surface area (Å²) >= 11 is 0. The summed E-state index contributed by atoms with van der Waals surface area (Å²) < 4.78 is 5.13. The molecule has 2 aromatic heterocycles. The lowest BCUT2D eigenvalue weighted by atomic mass is 10.1. The summed E-state index contributed by atoms with van der Waals surface area (Å²) in [4.78, 5) is 4.38. The number of nitrogens with one attached hydrogen (secondary N) is 1. The first kappa shape index (κ1) is 10.9. The standard InChI is InChI=1S/C13H16N2O/c1-2-7-15-13(11-6-9-16-10-11)12-5-3-4-8-14-12/h3-6,8-10,13,15H,2,7H2,1H3. The van der Waals surface area contributed by atoms with Gasteiger partial charge in [0.1, 0.15) is 0 Å². The van der Waals surface area contributed by atoms with Gasteiger partial charge in [-0.2, -0.15) is 0 Å². The third kappa shape index (κ3) is 2.49. The molecule has 0 fully saturated rings. The second-order valence-corrected chi connectivity index (χ2v) is 3.70. The molecule has 3 nitrogen and oxygen atoms in total. The van der Waals surface area contributed by atoms with E-state index in [0.717, 1.165) is 24.2 Å². The van der Waals surface area contributed by atoms with Crippen LogP contribution < -0.4 is 5.32 Å². The minimum atomic E-state index is 0.125. The number of pyridine rings is 1. The molecule has 16 heavy (non-hydrogen) atoms. The second kappa shape index (κ2) is 5.47. The average molecular weight is 216 g/mol. The molecular formula is C13H16N2O. The number of aromatic nitrogens is 1. The molecule has 1 N–H and O–H groups in total. The van der Waals surface area contributed by atoms with Gasteiger partial charge >= 0.3 is 0 Å². The molecule has 0 aliphatic heterocycles. The zero-order chi connectivity index (χ0) is 11.2. The summed E-state index contributed by atoms with van der Waals surface area (Å²) in [6.45, 7) is 3.12. The van der Waals surface area contributed by atoms with Crippen LogP contribution in [0.3, 0.4) is 0 Å². The van der Waals surface area contributed by atoms with Crippen LogP contribution in [-0.4, -0.2) is 11.5 Å². The van der Waals surface area contributed by atoms with Gasteiger partial charge in [0, 0.05) is 11.8 Å². The van der Waals surface area contributed by atoms with Crippen molar-refractivity contribution in [2.24, 2.45) is 0 Å². The second-order valence-electron chi connectivity index (χ2n) is 3.70. The fourth-order valence-corrected chi connectivity index (χ4v) is 1.67. The third-order valence-electron chi connectivity index (χ3n) is 2.46. The molecule has 0 amide bonds. The first-order valence-electron chi connectivity index (χ1n) is 5.58. The maximum Gasteiger partial charge on any atom is 0.0954 e. The Hall–Kier alpha value is -1.61. The molecule has 2 heterocycles. The van der Waals surface area contributed by atoms with Gasteiger partial charge in [-0.05, 0) is 31.2 Å². The molecule has 0 bridgehead atoms. The Kier molecular flexibility index (Phi) is 3.72. The quantitative estimate of drug-likeness (QED) is 0.835. The van der Waals surface area contributed by atoms with Crippen molar-refractivity contribution < 1.29 is 4.42 Å². The molecule has 3 heteroatoms. The number of hydrogen-bond acceptors (Lipinski definition) is 3. The van der Waals surface area contributed by atoms with E-state index in [1.54, 1.807) is 12.5 Å². The first-order valence-corrected chi connectivity index (χ1v) is 5.58. The maximum atomic E-state index is 5.13. The van der Waals surface area contributed by atoms with Crippen LogP contribution in [0.2, 0.25) is 0 Å². The SMILES string of the molecule is CCCNC(c1ccoc1)c1ccccn1. The van der Waals surface area contributed by atoms with Gasteiger partial charge in [0.2, 0.25) is 0 Å². The molecule has 0 aliphatic rings. The Morgan fingerprint density at radius 2 is 2.31 bits per heavy atom.